The van der Waals surface area contributed by atoms with Gasteiger partial charge in [0.1, 0.15) is 5.76 Å². The summed E-state index contributed by atoms with van der Waals surface area (Å²) in [5.41, 5.74) is 1.52. The Morgan fingerprint density at radius 3 is 2.75 bits per heavy atom. The second-order valence-electron chi connectivity index (χ2n) is 5.45. The van der Waals surface area contributed by atoms with Crippen LogP contribution in [-0.2, 0) is 10.0 Å². The monoisotopic (exact) mass is 348 g/mol. The number of benzene rings is 1. The molecule has 0 aliphatic rings. The second kappa shape index (κ2) is 5.77. The van der Waals surface area contributed by atoms with Gasteiger partial charge in [0.05, 0.1) is 17.3 Å². The van der Waals surface area contributed by atoms with Crippen molar-refractivity contribution in [2.24, 2.45) is 0 Å². The average Bonchev–Trinajstić information content (AvgIpc) is 3.13. The molecule has 0 radical (unpaired) electrons. The van der Waals surface area contributed by atoms with Crippen molar-refractivity contribution in [2.45, 2.75) is 12.0 Å². The minimum atomic E-state index is -3.73. The van der Waals surface area contributed by atoms with Crippen LogP contribution in [0, 0.1) is 6.92 Å². The lowest BCUT2D eigenvalue weighted by atomic mass is 10.2. The zero-order valence-corrected chi connectivity index (χ0v) is 14.1. The van der Waals surface area contributed by atoms with E-state index in [0.29, 0.717) is 5.69 Å². The summed E-state index contributed by atoms with van der Waals surface area (Å²) in [6.45, 7) is 1.54. The van der Waals surface area contributed by atoms with E-state index in [2.05, 4.69) is 15.5 Å². The number of carbonyl (C=O) groups excluding carboxylic acids is 1. The molecule has 24 heavy (non-hydrogen) atoms. The molecule has 126 valence electrons. The third-order valence-corrected chi connectivity index (χ3v) is 5.25. The third kappa shape index (κ3) is 2.79. The maximum Gasteiger partial charge on any atom is 0.275 e. The highest BCUT2D eigenvalue weighted by molar-refractivity contribution is 7.88. The number of aromatic nitrogens is 2. The molecular formula is C15H16N4O4S. The van der Waals surface area contributed by atoms with E-state index in [1.807, 2.05) is 6.07 Å². The van der Waals surface area contributed by atoms with Crippen molar-refractivity contribution in [3.63, 3.8) is 0 Å². The summed E-state index contributed by atoms with van der Waals surface area (Å²) in [6, 6.07) is 6.53. The number of aromatic amines is 1. The molecule has 0 aliphatic heterocycles. The predicted molar refractivity (Wildman–Crippen MR) is 88.4 cm³/mol. The Morgan fingerprint density at radius 1 is 1.29 bits per heavy atom. The van der Waals surface area contributed by atoms with Gasteiger partial charge in [-0.15, -0.1) is 0 Å². The Hall–Kier alpha value is -2.65. The lowest BCUT2D eigenvalue weighted by molar-refractivity contribution is 0.102. The van der Waals surface area contributed by atoms with E-state index < -0.39 is 15.9 Å². The molecule has 2 N–H and O–H groups in total. The van der Waals surface area contributed by atoms with Crippen LogP contribution >= 0.6 is 0 Å². The van der Waals surface area contributed by atoms with Gasteiger partial charge in [-0.3, -0.25) is 9.89 Å². The van der Waals surface area contributed by atoms with Crippen LogP contribution in [0.2, 0.25) is 0 Å². The number of fused-ring (bicyclic) bond motifs is 1. The Morgan fingerprint density at radius 2 is 2.04 bits per heavy atom. The predicted octanol–water partition coefficient (Wildman–Crippen LogP) is 1.97. The zero-order chi connectivity index (χ0) is 17.5. The lowest BCUT2D eigenvalue weighted by Gasteiger charge is -2.07. The lowest BCUT2D eigenvalue weighted by Crippen LogP contribution is -2.21. The zero-order valence-electron chi connectivity index (χ0n) is 13.3. The summed E-state index contributed by atoms with van der Waals surface area (Å²) in [4.78, 5) is 12.4. The molecule has 0 spiro atoms. The number of nitrogens with zero attached hydrogens (tertiary/aromatic N) is 2. The van der Waals surface area contributed by atoms with E-state index in [1.165, 1.54) is 20.2 Å². The number of hydrogen-bond acceptors (Lipinski definition) is 5. The first-order chi connectivity index (χ1) is 11.3. The fourth-order valence-electron chi connectivity index (χ4n) is 2.20. The second-order valence-corrected chi connectivity index (χ2v) is 7.53. The number of carbonyl (C=O) groups is 1. The first-order valence-electron chi connectivity index (χ1n) is 7.06. The number of rotatable bonds is 4. The van der Waals surface area contributed by atoms with Crippen molar-refractivity contribution in [3.8, 4) is 0 Å². The highest BCUT2D eigenvalue weighted by Gasteiger charge is 2.25. The van der Waals surface area contributed by atoms with Crippen molar-refractivity contribution in [2.75, 3.05) is 19.4 Å². The Balaban J connectivity index is 1.89. The minimum Gasteiger partial charge on any atom is -0.448 e. The number of aryl methyl sites for hydroxylation is 1. The van der Waals surface area contributed by atoms with Gasteiger partial charge in [0.2, 0.25) is 5.09 Å². The van der Waals surface area contributed by atoms with Gasteiger partial charge < -0.3 is 9.73 Å². The molecule has 0 bridgehead atoms. The van der Waals surface area contributed by atoms with Crippen LogP contribution in [0.15, 0.2) is 40.0 Å². The topological polar surface area (TPSA) is 108 Å². The quantitative estimate of drug-likeness (QED) is 0.749. The van der Waals surface area contributed by atoms with Crippen LogP contribution in [0.25, 0.3) is 10.9 Å². The molecule has 3 aromatic rings. The number of anilines is 1. The highest BCUT2D eigenvalue weighted by Crippen LogP contribution is 2.23. The summed E-state index contributed by atoms with van der Waals surface area (Å²) in [5, 5.41) is 10.1. The molecule has 0 saturated heterocycles. The number of nitrogens with one attached hydrogen (secondary N) is 2. The molecule has 9 heteroatoms. The summed E-state index contributed by atoms with van der Waals surface area (Å²) >= 11 is 0. The molecule has 0 fully saturated rings. The van der Waals surface area contributed by atoms with Gasteiger partial charge in [0.25, 0.3) is 15.9 Å². The Kier molecular flexibility index (Phi) is 3.90. The van der Waals surface area contributed by atoms with E-state index in [0.717, 1.165) is 15.2 Å². The van der Waals surface area contributed by atoms with Crippen molar-refractivity contribution in [3.05, 3.63) is 41.8 Å². The molecule has 0 atom stereocenters. The molecule has 3 rings (SSSR count). The van der Waals surface area contributed by atoms with Crippen molar-refractivity contribution in [1.82, 2.24) is 14.5 Å². The number of H-pyrrole nitrogens is 1. The van der Waals surface area contributed by atoms with Gasteiger partial charge in [-0.1, -0.05) is 0 Å². The van der Waals surface area contributed by atoms with Crippen LogP contribution in [-0.4, -0.2) is 42.9 Å². The van der Waals surface area contributed by atoms with E-state index in [4.69, 9.17) is 4.42 Å². The first-order valence-corrected chi connectivity index (χ1v) is 8.50. The molecule has 8 nitrogen and oxygen atoms in total. The van der Waals surface area contributed by atoms with Crippen molar-refractivity contribution >= 4 is 32.5 Å². The highest BCUT2D eigenvalue weighted by atomic mass is 32.2. The van der Waals surface area contributed by atoms with Gasteiger partial charge in [-0.25, -0.2) is 12.7 Å². The van der Waals surface area contributed by atoms with Gasteiger partial charge >= 0.3 is 0 Å². The summed E-state index contributed by atoms with van der Waals surface area (Å²) in [5.74, 6) is -0.217. The normalized spacial score (nSPS) is 12.0. The van der Waals surface area contributed by atoms with E-state index >= 15 is 0 Å². The number of amides is 1. The maximum atomic E-state index is 12.4. The maximum absolute atomic E-state index is 12.4. The van der Waals surface area contributed by atoms with Crippen LogP contribution in [0.5, 0.6) is 0 Å². The molecule has 0 unspecified atom stereocenters. The van der Waals surface area contributed by atoms with Gasteiger partial charge in [0, 0.05) is 31.2 Å². The van der Waals surface area contributed by atoms with Crippen LogP contribution in [0.4, 0.5) is 5.69 Å². The summed E-state index contributed by atoms with van der Waals surface area (Å²) in [7, 11) is -0.942. The summed E-state index contributed by atoms with van der Waals surface area (Å²) in [6.07, 6.45) is 1.68. The fourth-order valence-corrected chi connectivity index (χ4v) is 3.06. The van der Waals surface area contributed by atoms with Crippen molar-refractivity contribution in [1.29, 1.82) is 0 Å². The third-order valence-electron chi connectivity index (χ3n) is 3.57. The van der Waals surface area contributed by atoms with E-state index in [1.54, 1.807) is 25.3 Å². The van der Waals surface area contributed by atoms with E-state index in [-0.39, 0.29) is 16.4 Å². The summed E-state index contributed by atoms with van der Waals surface area (Å²) < 4.78 is 30.4. The molecule has 2 heterocycles. The minimum absolute atomic E-state index is 0.167. The Bertz CT molecular complexity index is 1020. The fraction of sp³-hybridized carbons (Fsp3) is 0.200. The molecule has 0 aliphatic carbocycles. The molecule has 0 saturated carbocycles. The van der Waals surface area contributed by atoms with Crippen LogP contribution in [0.3, 0.4) is 0 Å². The van der Waals surface area contributed by atoms with Gasteiger partial charge in [-0.05, 0) is 25.1 Å². The van der Waals surface area contributed by atoms with Crippen LogP contribution in [0.1, 0.15) is 16.1 Å². The van der Waals surface area contributed by atoms with Gasteiger partial charge in [0.15, 0.2) is 0 Å². The van der Waals surface area contributed by atoms with E-state index in [9.17, 15) is 13.2 Å². The van der Waals surface area contributed by atoms with Crippen molar-refractivity contribution < 1.29 is 17.6 Å². The average molecular weight is 348 g/mol. The molecule has 2 aromatic heterocycles. The number of sulfonamides is 1. The SMILES string of the molecule is Cc1oc(S(=O)(=O)N(C)C)cc1C(=O)Nc1ccc2cn[nH]c2c1. The standard InChI is InChI=1S/C15H16N4O4S/c1-9-12(7-14(23-9)24(21,22)19(2)3)15(20)17-11-5-4-10-8-16-18-13(10)6-11/h4-8H,1-3H3,(H,16,18)(H,17,20). The Labute approximate surface area is 138 Å². The molecule has 1 amide bonds. The largest absolute Gasteiger partial charge is 0.448 e. The van der Waals surface area contributed by atoms with Gasteiger partial charge in [-0.2, -0.15) is 5.10 Å². The first kappa shape index (κ1) is 16.2. The number of furan rings is 1. The van der Waals surface area contributed by atoms with Crippen LogP contribution < -0.4 is 5.32 Å². The molecule has 1 aromatic carbocycles. The molecular weight excluding hydrogens is 332 g/mol. The smallest absolute Gasteiger partial charge is 0.275 e. The number of hydrogen-bond donors (Lipinski definition) is 2.